The SMILES string of the molecule is CC(C)(CC(=O)N1CCC(CC(=O)OCc2ccccc2)CC1)NC(=O)OC(C)(C)C. The minimum atomic E-state index is -0.711. The lowest BCUT2D eigenvalue weighted by Gasteiger charge is -2.34. The maximum absolute atomic E-state index is 12.7. The van der Waals surface area contributed by atoms with Crippen LogP contribution in [0.4, 0.5) is 4.79 Å². The van der Waals surface area contributed by atoms with Crippen molar-refractivity contribution in [2.75, 3.05) is 13.1 Å². The molecule has 0 saturated carbocycles. The number of alkyl carbamates (subject to hydrolysis) is 1. The second kappa shape index (κ2) is 10.6. The lowest BCUT2D eigenvalue weighted by atomic mass is 9.92. The molecule has 1 saturated heterocycles. The highest BCUT2D eigenvalue weighted by Crippen LogP contribution is 2.23. The van der Waals surface area contributed by atoms with E-state index >= 15 is 0 Å². The smallest absolute Gasteiger partial charge is 0.408 e. The number of carbonyl (C=O) groups is 3. The monoisotopic (exact) mass is 432 g/mol. The number of esters is 1. The molecule has 0 spiro atoms. The van der Waals surface area contributed by atoms with E-state index in [9.17, 15) is 14.4 Å². The van der Waals surface area contributed by atoms with Crippen molar-refractivity contribution in [2.45, 2.75) is 78.0 Å². The maximum atomic E-state index is 12.7. The molecule has 1 aromatic rings. The topological polar surface area (TPSA) is 84.9 Å². The Balaban J connectivity index is 1.71. The zero-order valence-electron chi connectivity index (χ0n) is 19.4. The number of carbonyl (C=O) groups excluding carboxylic acids is 3. The molecular weight excluding hydrogens is 396 g/mol. The second-order valence-corrected chi connectivity index (χ2v) is 9.86. The molecule has 1 aliphatic heterocycles. The van der Waals surface area contributed by atoms with Crippen molar-refractivity contribution in [2.24, 2.45) is 5.92 Å². The molecule has 7 nitrogen and oxygen atoms in total. The summed E-state index contributed by atoms with van der Waals surface area (Å²) in [4.78, 5) is 38.7. The van der Waals surface area contributed by atoms with E-state index in [1.54, 1.807) is 20.8 Å². The Morgan fingerprint density at radius 3 is 2.23 bits per heavy atom. The van der Waals surface area contributed by atoms with Gasteiger partial charge in [-0.15, -0.1) is 0 Å². The van der Waals surface area contributed by atoms with E-state index in [1.807, 2.05) is 49.1 Å². The van der Waals surface area contributed by atoms with Gasteiger partial charge < -0.3 is 19.7 Å². The van der Waals surface area contributed by atoms with E-state index in [0.29, 0.717) is 19.5 Å². The average Bonchev–Trinajstić information content (AvgIpc) is 2.65. The largest absolute Gasteiger partial charge is 0.461 e. The van der Waals surface area contributed by atoms with Crippen molar-refractivity contribution >= 4 is 18.0 Å². The van der Waals surface area contributed by atoms with Crippen LogP contribution in [-0.4, -0.2) is 47.1 Å². The molecule has 172 valence electrons. The van der Waals surface area contributed by atoms with Crippen molar-refractivity contribution in [3.05, 3.63) is 35.9 Å². The van der Waals surface area contributed by atoms with Crippen LogP contribution >= 0.6 is 0 Å². The number of hydrogen-bond donors (Lipinski definition) is 1. The van der Waals surface area contributed by atoms with E-state index in [4.69, 9.17) is 9.47 Å². The van der Waals surface area contributed by atoms with E-state index < -0.39 is 17.2 Å². The van der Waals surface area contributed by atoms with Crippen molar-refractivity contribution in [3.8, 4) is 0 Å². The van der Waals surface area contributed by atoms with E-state index in [-0.39, 0.29) is 30.8 Å². The normalized spacial score (nSPS) is 15.3. The van der Waals surface area contributed by atoms with E-state index in [2.05, 4.69) is 5.32 Å². The van der Waals surface area contributed by atoms with Crippen LogP contribution in [0.15, 0.2) is 30.3 Å². The summed E-state index contributed by atoms with van der Waals surface area (Å²) in [5.41, 5.74) is -0.329. The number of nitrogens with one attached hydrogen (secondary N) is 1. The second-order valence-electron chi connectivity index (χ2n) is 9.86. The van der Waals surface area contributed by atoms with Gasteiger partial charge in [-0.1, -0.05) is 30.3 Å². The summed E-state index contributed by atoms with van der Waals surface area (Å²) in [6.07, 6.45) is 1.58. The molecule has 7 heteroatoms. The summed E-state index contributed by atoms with van der Waals surface area (Å²) in [7, 11) is 0. The molecule has 2 amide bonds. The fourth-order valence-electron chi connectivity index (χ4n) is 3.53. The Hall–Kier alpha value is -2.57. The number of rotatable bonds is 7. The predicted molar refractivity (Wildman–Crippen MR) is 118 cm³/mol. The van der Waals surface area contributed by atoms with Gasteiger partial charge in [0, 0.05) is 31.5 Å². The van der Waals surface area contributed by atoms with Crippen LogP contribution < -0.4 is 5.32 Å². The van der Waals surface area contributed by atoms with Gasteiger partial charge in [0.25, 0.3) is 0 Å². The number of nitrogens with zero attached hydrogens (tertiary/aromatic N) is 1. The molecule has 1 aromatic carbocycles. The first kappa shape index (κ1) is 24.7. The van der Waals surface area contributed by atoms with E-state index in [0.717, 1.165) is 18.4 Å². The molecule has 0 aromatic heterocycles. The molecule has 0 radical (unpaired) electrons. The first-order chi connectivity index (χ1) is 14.4. The van der Waals surface area contributed by atoms with Crippen LogP contribution in [0.3, 0.4) is 0 Å². The third-order valence-electron chi connectivity index (χ3n) is 5.10. The van der Waals surface area contributed by atoms with Gasteiger partial charge in [-0.2, -0.15) is 0 Å². The number of hydrogen-bond acceptors (Lipinski definition) is 5. The third-order valence-corrected chi connectivity index (χ3v) is 5.10. The molecule has 1 N–H and O–H groups in total. The number of piperidine rings is 1. The fraction of sp³-hybridized carbons (Fsp3) is 0.625. The van der Waals surface area contributed by atoms with E-state index in [1.165, 1.54) is 0 Å². The van der Waals surface area contributed by atoms with Crippen molar-refractivity contribution < 1.29 is 23.9 Å². The Morgan fingerprint density at radius 2 is 1.65 bits per heavy atom. The Bertz CT molecular complexity index is 747. The van der Waals surface area contributed by atoms with Gasteiger partial charge in [0.2, 0.25) is 5.91 Å². The highest BCUT2D eigenvalue weighted by atomic mass is 16.6. The molecular formula is C24H36N2O5. The minimum Gasteiger partial charge on any atom is -0.461 e. The molecule has 0 atom stereocenters. The fourth-order valence-corrected chi connectivity index (χ4v) is 3.53. The van der Waals surface area contributed by atoms with Crippen LogP contribution in [0.2, 0.25) is 0 Å². The number of amides is 2. The molecule has 0 aliphatic carbocycles. The van der Waals surface area contributed by atoms with Gasteiger partial charge in [0.15, 0.2) is 0 Å². The highest BCUT2D eigenvalue weighted by Gasteiger charge is 2.31. The number of benzene rings is 1. The Kier molecular flexibility index (Phi) is 8.48. The zero-order valence-corrected chi connectivity index (χ0v) is 19.4. The Morgan fingerprint density at radius 1 is 1.03 bits per heavy atom. The van der Waals surface area contributed by atoms with Gasteiger partial charge >= 0.3 is 12.1 Å². The standard InChI is InChI=1S/C24H36N2O5/c1-23(2,3)31-22(29)25-24(4,5)16-20(27)26-13-11-18(12-14-26)15-21(28)30-17-19-9-7-6-8-10-19/h6-10,18H,11-17H2,1-5H3,(H,25,29). The maximum Gasteiger partial charge on any atom is 0.408 e. The van der Waals surface area contributed by atoms with Crippen LogP contribution in [0.5, 0.6) is 0 Å². The van der Waals surface area contributed by atoms with Crippen LogP contribution in [0, 0.1) is 5.92 Å². The van der Waals surface area contributed by atoms with Gasteiger partial charge in [0.1, 0.15) is 12.2 Å². The van der Waals surface area contributed by atoms with Gasteiger partial charge in [-0.3, -0.25) is 9.59 Å². The molecule has 2 rings (SSSR count). The van der Waals surface area contributed by atoms with Gasteiger partial charge in [-0.05, 0) is 58.9 Å². The first-order valence-corrected chi connectivity index (χ1v) is 10.9. The lowest BCUT2D eigenvalue weighted by Crippen LogP contribution is -2.50. The summed E-state index contributed by atoms with van der Waals surface area (Å²) in [5.74, 6) is 0.0164. The number of ether oxygens (including phenoxy) is 2. The molecule has 31 heavy (non-hydrogen) atoms. The van der Waals surface area contributed by atoms with Crippen LogP contribution in [0.1, 0.15) is 65.9 Å². The summed E-state index contributed by atoms with van der Waals surface area (Å²) in [5, 5.41) is 2.78. The van der Waals surface area contributed by atoms with Crippen molar-refractivity contribution in [3.63, 3.8) is 0 Å². The predicted octanol–water partition coefficient (Wildman–Crippen LogP) is 4.05. The minimum absolute atomic E-state index is 0.00818. The lowest BCUT2D eigenvalue weighted by molar-refractivity contribution is -0.146. The van der Waals surface area contributed by atoms with Gasteiger partial charge in [-0.25, -0.2) is 4.79 Å². The third kappa shape index (κ3) is 9.40. The van der Waals surface area contributed by atoms with Crippen LogP contribution in [-0.2, 0) is 25.7 Å². The summed E-state index contributed by atoms with van der Waals surface area (Å²) in [6, 6.07) is 9.61. The molecule has 0 unspecified atom stereocenters. The highest BCUT2D eigenvalue weighted by molar-refractivity contribution is 5.79. The number of likely N-dealkylation sites (tertiary alicyclic amines) is 1. The summed E-state index contributed by atoms with van der Waals surface area (Å²) < 4.78 is 10.7. The van der Waals surface area contributed by atoms with Gasteiger partial charge in [0.05, 0.1) is 0 Å². The quantitative estimate of drug-likeness (QED) is 0.657. The van der Waals surface area contributed by atoms with Crippen LogP contribution in [0.25, 0.3) is 0 Å². The molecule has 1 heterocycles. The summed E-state index contributed by atoms with van der Waals surface area (Å²) in [6.45, 7) is 10.5. The molecule has 1 fully saturated rings. The average molecular weight is 433 g/mol. The van der Waals surface area contributed by atoms with Crippen molar-refractivity contribution in [1.29, 1.82) is 0 Å². The molecule has 0 bridgehead atoms. The first-order valence-electron chi connectivity index (χ1n) is 10.9. The van der Waals surface area contributed by atoms with Crippen molar-refractivity contribution in [1.82, 2.24) is 10.2 Å². The molecule has 1 aliphatic rings. The zero-order chi connectivity index (χ0) is 23.1. The Labute approximate surface area is 185 Å². The summed E-state index contributed by atoms with van der Waals surface area (Å²) >= 11 is 0.